The molecule has 0 aliphatic heterocycles. The summed E-state index contributed by atoms with van der Waals surface area (Å²) in [6.07, 6.45) is 4.02. The Morgan fingerprint density at radius 3 is 2.62 bits per heavy atom. The fourth-order valence-corrected chi connectivity index (χ4v) is 2.01. The summed E-state index contributed by atoms with van der Waals surface area (Å²) >= 11 is 0. The normalized spacial score (nSPS) is 27.2. The van der Waals surface area contributed by atoms with Gasteiger partial charge in [0.1, 0.15) is 5.76 Å². The summed E-state index contributed by atoms with van der Waals surface area (Å²) in [6.45, 7) is 3.96. The molecule has 0 aromatic rings. The van der Waals surface area contributed by atoms with Gasteiger partial charge in [0, 0.05) is 11.5 Å². The predicted octanol–water partition coefficient (Wildman–Crippen LogP) is 2.29. The van der Waals surface area contributed by atoms with Crippen LogP contribution in [0, 0.1) is 5.92 Å². The summed E-state index contributed by atoms with van der Waals surface area (Å²) in [5, 5.41) is 9.50. The molecule has 1 atom stereocenters. The van der Waals surface area contributed by atoms with Gasteiger partial charge in [-0.05, 0) is 32.4 Å². The number of allylic oxidation sites excluding steroid dienone is 5. The van der Waals surface area contributed by atoms with Crippen LogP contribution in [0.25, 0.3) is 0 Å². The van der Waals surface area contributed by atoms with Crippen molar-refractivity contribution in [3.05, 3.63) is 34.6 Å². The van der Waals surface area contributed by atoms with E-state index < -0.39 is 0 Å². The summed E-state index contributed by atoms with van der Waals surface area (Å²) in [7, 11) is 0. The third-order valence-electron chi connectivity index (χ3n) is 2.84. The van der Waals surface area contributed by atoms with Crippen molar-refractivity contribution in [1.82, 2.24) is 0 Å². The number of carbonyl (C=O) groups is 1. The van der Waals surface area contributed by atoms with Gasteiger partial charge in [0.25, 0.3) is 0 Å². The molecule has 2 rings (SSSR count). The molecule has 0 spiro atoms. The maximum absolute atomic E-state index is 11.4. The van der Waals surface area contributed by atoms with Gasteiger partial charge in [0.05, 0.1) is 0 Å². The van der Waals surface area contributed by atoms with Crippen LogP contribution in [0.1, 0.15) is 20.3 Å². The molecule has 13 heavy (non-hydrogen) atoms. The lowest BCUT2D eigenvalue weighted by Crippen LogP contribution is -2.21. The molecule has 2 heteroatoms. The van der Waals surface area contributed by atoms with Crippen molar-refractivity contribution in [3.8, 4) is 0 Å². The molecular weight excluding hydrogens is 164 g/mol. The highest BCUT2D eigenvalue weighted by Crippen LogP contribution is 2.37. The van der Waals surface area contributed by atoms with E-state index in [1.165, 1.54) is 0 Å². The molecule has 2 aliphatic carbocycles. The quantitative estimate of drug-likeness (QED) is 0.614. The molecule has 1 N–H and O–H groups in total. The summed E-state index contributed by atoms with van der Waals surface area (Å²) in [6, 6.07) is 0. The molecule has 0 aromatic carbocycles. The fraction of sp³-hybridized carbons (Fsp3) is 0.364. The minimum absolute atomic E-state index is 0.0324. The molecule has 2 nitrogen and oxygen atoms in total. The molecule has 0 unspecified atom stereocenters. The van der Waals surface area contributed by atoms with Crippen molar-refractivity contribution in [2.45, 2.75) is 20.3 Å². The molecule has 2 bridgehead atoms. The lowest BCUT2D eigenvalue weighted by atomic mass is 9.77. The number of aliphatic hydroxyl groups is 1. The summed E-state index contributed by atoms with van der Waals surface area (Å²) in [5.41, 5.74) is 2.82. The van der Waals surface area contributed by atoms with Gasteiger partial charge in [-0.3, -0.25) is 4.79 Å². The second-order valence-electron chi connectivity index (χ2n) is 3.76. The van der Waals surface area contributed by atoms with E-state index in [4.69, 9.17) is 0 Å². The van der Waals surface area contributed by atoms with Crippen molar-refractivity contribution in [2.75, 3.05) is 0 Å². The average Bonchev–Trinajstić information content (AvgIpc) is 2.02. The first kappa shape index (κ1) is 8.30. The Balaban J connectivity index is 2.58. The van der Waals surface area contributed by atoms with Gasteiger partial charge in [0.15, 0.2) is 5.78 Å². The molecule has 0 fully saturated rings. The monoisotopic (exact) mass is 176 g/mol. The van der Waals surface area contributed by atoms with E-state index in [0.29, 0.717) is 17.9 Å². The second-order valence-corrected chi connectivity index (χ2v) is 3.76. The zero-order valence-electron chi connectivity index (χ0n) is 7.79. The zero-order chi connectivity index (χ0) is 9.59. The van der Waals surface area contributed by atoms with Gasteiger partial charge < -0.3 is 5.11 Å². The lowest BCUT2D eigenvalue weighted by molar-refractivity contribution is -0.112. The minimum Gasteiger partial charge on any atom is -0.508 e. The molecule has 0 heterocycles. The van der Waals surface area contributed by atoms with Gasteiger partial charge in [-0.2, -0.15) is 0 Å². The van der Waals surface area contributed by atoms with Crippen LogP contribution in [-0.4, -0.2) is 10.9 Å². The van der Waals surface area contributed by atoms with Crippen LogP contribution in [-0.2, 0) is 4.79 Å². The largest absolute Gasteiger partial charge is 0.508 e. The van der Waals surface area contributed by atoms with Crippen molar-refractivity contribution >= 4 is 5.78 Å². The van der Waals surface area contributed by atoms with Crippen LogP contribution in [0.5, 0.6) is 0 Å². The van der Waals surface area contributed by atoms with Crippen molar-refractivity contribution in [2.24, 2.45) is 5.92 Å². The Morgan fingerprint density at radius 1 is 1.31 bits per heavy atom. The van der Waals surface area contributed by atoms with Crippen LogP contribution in [0.15, 0.2) is 34.6 Å². The van der Waals surface area contributed by atoms with E-state index in [1.54, 1.807) is 12.2 Å². The van der Waals surface area contributed by atoms with Gasteiger partial charge in [-0.25, -0.2) is 0 Å². The fourth-order valence-electron chi connectivity index (χ4n) is 2.01. The number of fused-ring (bicyclic) bond motifs is 2. The topological polar surface area (TPSA) is 37.3 Å². The average molecular weight is 176 g/mol. The number of aliphatic hydroxyl groups excluding tert-OH is 1. The third-order valence-corrected chi connectivity index (χ3v) is 2.84. The van der Waals surface area contributed by atoms with Crippen molar-refractivity contribution < 1.29 is 9.90 Å². The smallest absolute Gasteiger partial charge is 0.185 e. The standard InChI is InChI=1S/C11H12O2/c1-6-3-10(12)9-5-8(6)7(2)4-11(9)13/h3-4,8,12H,5H2,1-2H3/t8-/m0/s1. The van der Waals surface area contributed by atoms with E-state index in [9.17, 15) is 9.90 Å². The SMILES string of the molecule is CC1=CC(=O)C2=C(O)C=C(C)[C@@H]1C2. The molecule has 0 amide bonds. The molecule has 0 saturated carbocycles. The molecule has 0 radical (unpaired) electrons. The van der Waals surface area contributed by atoms with Crippen LogP contribution in [0.2, 0.25) is 0 Å². The van der Waals surface area contributed by atoms with Crippen molar-refractivity contribution in [1.29, 1.82) is 0 Å². The first-order chi connectivity index (χ1) is 6.09. The lowest BCUT2D eigenvalue weighted by Gasteiger charge is -2.27. The minimum atomic E-state index is -0.0324. The molecule has 68 valence electrons. The van der Waals surface area contributed by atoms with Gasteiger partial charge in [-0.15, -0.1) is 0 Å². The maximum Gasteiger partial charge on any atom is 0.185 e. The number of hydrogen-bond acceptors (Lipinski definition) is 2. The Bertz CT molecular complexity index is 370. The van der Waals surface area contributed by atoms with E-state index >= 15 is 0 Å². The number of hydrogen-bond donors (Lipinski definition) is 1. The van der Waals surface area contributed by atoms with E-state index in [-0.39, 0.29) is 11.5 Å². The number of ketones is 1. The zero-order valence-corrected chi connectivity index (χ0v) is 7.79. The first-order valence-electron chi connectivity index (χ1n) is 4.42. The first-order valence-corrected chi connectivity index (χ1v) is 4.42. The Morgan fingerprint density at radius 2 is 1.92 bits per heavy atom. The van der Waals surface area contributed by atoms with Crippen LogP contribution >= 0.6 is 0 Å². The molecule has 2 aliphatic rings. The summed E-state index contributed by atoms with van der Waals surface area (Å²) < 4.78 is 0. The van der Waals surface area contributed by atoms with Crippen molar-refractivity contribution in [3.63, 3.8) is 0 Å². The van der Waals surface area contributed by atoms with Crippen LogP contribution < -0.4 is 0 Å². The highest BCUT2D eigenvalue weighted by molar-refractivity contribution is 6.06. The number of rotatable bonds is 0. The second kappa shape index (κ2) is 2.59. The predicted molar refractivity (Wildman–Crippen MR) is 50.3 cm³/mol. The van der Waals surface area contributed by atoms with E-state index in [0.717, 1.165) is 11.1 Å². The van der Waals surface area contributed by atoms with Gasteiger partial charge >= 0.3 is 0 Å². The molecule has 0 aromatic heterocycles. The highest BCUT2D eigenvalue weighted by Gasteiger charge is 2.29. The highest BCUT2D eigenvalue weighted by atomic mass is 16.3. The maximum atomic E-state index is 11.4. The third kappa shape index (κ3) is 1.13. The Hall–Kier alpha value is -1.31. The number of carbonyl (C=O) groups excluding carboxylic acids is 1. The molecule has 0 saturated heterocycles. The van der Waals surface area contributed by atoms with Gasteiger partial charge in [-0.1, -0.05) is 11.1 Å². The Labute approximate surface area is 77.3 Å². The van der Waals surface area contributed by atoms with Crippen LogP contribution in [0.3, 0.4) is 0 Å². The summed E-state index contributed by atoms with van der Waals surface area (Å²) in [4.78, 5) is 11.4. The van der Waals surface area contributed by atoms with E-state index in [2.05, 4.69) is 0 Å². The van der Waals surface area contributed by atoms with E-state index in [1.807, 2.05) is 13.8 Å². The van der Waals surface area contributed by atoms with Crippen LogP contribution in [0.4, 0.5) is 0 Å². The summed E-state index contributed by atoms with van der Waals surface area (Å²) in [5.74, 6) is 0.459. The Kier molecular flexibility index (Phi) is 1.65. The van der Waals surface area contributed by atoms with Gasteiger partial charge in [0.2, 0.25) is 0 Å². The molecular formula is C11H12O2.